The molecule has 0 aliphatic carbocycles. The first-order valence-electron chi connectivity index (χ1n) is 3.07. The second-order valence-corrected chi connectivity index (χ2v) is 2.01. The van der Waals surface area contributed by atoms with Crippen LogP contribution in [-0.4, -0.2) is 30.3 Å². The molecule has 9 heavy (non-hydrogen) atoms. The maximum Gasteiger partial charge on any atom is 0.320 e. The second-order valence-electron chi connectivity index (χ2n) is 2.01. The lowest BCUT2D eigenvalue weighted by atomic mass is 10.1. The van der Waals surface area contributed by atoms with Crippen LogP contribution in [-0.2, 0) is 4.79 Å². The summed E-state index contributed by atoms with van der Waals surface area (Å²) in [6, 6.07) is -0.939. The minimum Gasteiger partial charge on any atom is -0.480 e. The molecule has 1 unspecified atom stereocenters. The summed E-state index contributed by atoms with van der Waals surface area (Å²) in [5, 5.41) is 12.3. The second kappa shape index (κ2) is 3.42. The van der Waals surface area contributed by atoms with Gasteiger partial charge in [-0.25, -0.2) is 0 Å². The molecular formula is C5H11NO3. The number of rotatable bonds is 4. The Balaban J connectivity index is 3.69. The highest BCUT2D eigenvalue weighted by Gasteiger charge is 2.18. The molecule has 0 bridgehead atoms. The van der Waals surface area contributed by atoms with E-state index in [9.17, 15) is 4.79 Å². The Morgan fingerprint density at radius 2 is 2.56 bits per heavy atom. The Morgan fingerprint density at radius 3 is 2.89 bits per heavy atom. The molecule has 0 saturated carbocycles. The predicted octanol–water partition coefficient (Wildman–Crippen LogP) is -0.973. The van der Waals surface area contributed by atoms with Crippen molar-refractivity contribution in [3.63, 3.8) is 0 Å². The quantitative estimate of drug-likeness (QED) is 0.461. The molecule has 4 N–H and O–H groups in total. The topological polar surface area (TPSA) is 83.5 Å². The van der Waals surface area contributed by atoms with Gasteiger partial charge in [-0.05, 0) is 0 Å². The zero-order valence-electron chi connectivity index (χ0n) is 6.20. The fourth-order valence-corrected chi connectivity index (χ4v) is 0.347. The molecule has 54 valence electrons. The van der Waals surface area contributed by atoms with Gasteiger partial charge in [-0.1, -0.05) is 6.92 Å². The summed E-state index contributed by atoms with van der Waals surface area (Å²) in [6.45, 7) is 1.67. The van der Waals surface area contributed by atoms with Crippen molar-refractivity contribution in [2.24, 2.45) is 11.7 Å². The smallest absolute Gasteiger partial charge is 0.320 e. The first-order valence-corrected chi connectivity index (χ1v) is 2.66. The highest BCUT2D eigenvalue weighted by atomic mass is 16.4. The number of hydrogen-bond acceptors (Lipinski definition) is 3. The Labute approximate surface area is 54.8 Å². The maximum absolute atomic E-state index is 10.2. The van der Waals surface area contributed by atoms with Crippen molar-refractivity contribution in [1.29, 1.82) is 1.43 Å². The summed E-state index contributed by atoms with van der Waals surface area (Å²) in [6.07, 6.45) is 0. The van der Waals surface area contributed by atoms with Crippen molar-refractivity contribution in [3.8, 4) is 0 Å². The number of carbonyl (C=O) groups is 1. The largest absolute Gasteiger partial charge is 0.480 e. The molecule has 0 fully saturated rings. The molecule has 0 rings (SSSR count). The van der Waals surface area contributed by atoms with Crippen molar-refractivity contribution >= 4 is 5.97 Å². The molecule has 0 aliphatic heterocycles. The Bertz CT molecular complexity index is 119. The van der Waals surface area contributed by atoms with Crippen LogP contribution in [0, 0.1) is 5.92 Å². The van der Waals surface area contributed by atoms with Gasteiger partial charge >= 0.3 is 5.97 Å². The summed E-state index contributed by atoms with van der Waals surface area (Å²) in [5.41, 5.74) is 5.18. The van der Waals surface area contributed by atoms with E-state index in [4.69, 9.17) is 12.3 Å². The number of nitrogens with two attached hydrogens (primary N) is 1. The van der Waals surface area contributed by atoms with Crippen LogP contribution in [0.15, 0.2) is 0 Å². The molecular weight excluding hydrogens is 122 g/mol. The molecule has 0 spiro atoms. The molecule has 0 radical (unpaired) electrons. The van der Waals surface area contributed by atoms with Crippen molar-refractivity contribution in [3.05, 3.63) is 0 Å². The third kappa shape index (κ3) is 2.43. The number of hydrogen-bond donors (Lipinski definition) is 3. The summed E-state index contributed by atoms with van der Waals surface area (Å²) in [4.78, 5) is 10.2. The minimum absolute atomic E-state index is 0.0491. The van der Waals surface area contributed by atoms with Crippen molar-refractivity contribution in [2.75, 3.05) is 6.61 Å². The lowest BCUT2D eigenvalue weighted by Crippen LogP contribution is -2.38. The third-order valence-corrected chi connectivity index (χ3v) is 1.16. The molecule has 0 amide bonds. The normalized spacial score (nSPS) is 18.2. The number of carboxylic acids is 1. The highest BCUT2D eigenvalue weighted by molar-refractivity contribution is 5.73. The van der Waals surface area contributed by atoms with E-state index < -0.39 is 12.0 Å². The predicted molar refractivity (Wildman–Crippen MR) is 31.9 cm³/mol. The van der Waals surface area contributed by atoms with E-state index in [1.165, 1.54) is 0 Å². The lowest BCUT2D eigenvalue weighted by Gasteiger charge is -2.11. The first-order chi connectivity index (χ1) is 4.59. The van der Waals surface area contributed by atoms with E-state index in [0.717, 1.165) is 0 Å². The highest BCUT2D eigenvalue weighted by Crippen LogP contribution is 1.97. The summed E-state index contributed by atoms with van der Waals surface area (Å²) >= 11 is 0. The number of aliphatic hydroxyl groups is 1. The number of aliphatic carboxylic acids is 1. The fraction of sp³-hybridized carbons (Fsp3) is 0.800. The monoisotopic (exact) mass is 134 g/mol. The van der Waals surface area contributed by atoms with Crippen LogP contribution in [0.2, 0.25) is 0 Å². The summed E-state index contributed by atoms with van der Waals surface area (Å²) < 4.78 is 6.32. The van der Waals surface area contributed by atoms with Crippen LogP contribution in [0.5, 0.6) is 0 Å². The molecule has 0 saturated heterocycles. The SMILES string of the molecule is [2H]OCC(C)[C@H](N)C(=O)O. The van der Waals surface area contributed by atoms with E-state index in [1.54, 1.807) is 6.92 Å². The lowest BCUT2D eigenvalue weighted by molar-refractivity contribution is -0.140. The van der Waals surface area contributed by atoms with Crippen LogP contribution in [0.1, 0.15) is 6.92 Å². The van der Waals surface area contributed by atoms with E-state index in [0.29, 0.717) is 0 Å². The van der Waals surface area contributed by atoms with Crippen molar-refractivity contribution in [2.45, 2.75) is 13.0 Å². The average Bonchev–Trinajstić information content (AvgIpc) is 1.87. The van der Waals surface area contributed by atoms with Gasteiger partial charge in [0, 0.05) is 12.5 Å². The van der Waals surface area contributed by atoms with Crippen LogP contribution < -0.4 is 5.73 Å². The van der Waals surface area contributed by atoms with E-state index in [2.05, 4.69) is 5.11 Å². The molecule has 4 nitrogen and oxygen atoms in total. The fourth-order valence-electron chi connectivity index (χ4n) is 0.347. The molecule has 2 atom stereocenters. The van der Waals surface area contributed by atoms with Crippen LogP contribution in [0.4, 0.5) is 0 Å². The van der Waals surface area contributed by atoms with E-state index in [1.807, 2.05) is 0 Å². The van der Waals surface area contributed by atoms with Gasteiger partial charge in [-0.3, -0.25) is 4.79 Å². The van der Waals surface area contributed by atoms with Crippen LogP contribution in [0.25, 0.3) is 0 Å². The van der Waals surface area contributed by atoms with Crippen molar-refractivity contribution in [1.82, 2.24) is 0 Å². The first kappa shape index (κ1) is 6.51. The van der Waals surface area contributed by atoms with Gasteiger partial charge in [-0.2, -0.15) is 0 Å². The zero-order valence-corrected chi connectivity index (χ0v) is 5.20. The molecule has 4 heteroatoms. The zero-order chi connectivity index (χ0) is 8.15. The number of aliphatic hydroxyl groups excluding tert-OH is 1. The standard InChI is InChI=1S/C5H11NO3/c1-3(2-7)4(6)5(8)9/h3-4,7H,2,6H2,1H3,(H,8,9)/t3?,4-/m0/s1/i7D. The van der Waals surface area contributed by atoms with Gasteiger partial charge in [0.25, 0.3) is 0 Å². The Morgan fingerprint density at radius 1 is 2.00 bits per heavy atom. The molecule has 0 aromatic rings. The van der Waals surface area contributed by atoms with E-state index in [-0.39, 0.29) is 12.5 Å². The number of carboxylic acid groups (broad SMARTS) is 1. The molecule has 0 heterocycles. The summed E-state index contributed by atoms with van der Waals surface area (Å²) in [7, 11) is 0. The molecule has 0 aliphatic rings. The molecule has 0 aromatic carbocycles. The van der Waals surface area contributed by atoms with Crippen molar-refractivity contribution < 1.29 is 15.0 Å². The maximum atomic E-state index is 10.2. The van der Waals surface area contributed by atoms with E-state index >= 15 is 0 Å². The average molecular weight is 134 g/mol. The third-order valence-electron chi connectivity index (χ3n) is 1.16. The molecule has 0 aromatic heterocycles. The van der Waals surface area contributed by atoms with Gasteiger partial charge in [0.2, 0.25) is 1.43 Å². The Kier molecular flexibility index (Phi) is 2.48. The van der Waals surface area contributed by atoms with Crippen LogP contribution in [0.3, 0.4) is 0 Å². The Hall–Kier alpha value is -0.610. The summed E-state index contributed by atoms with van der Waals surface area (Å²) in [5.74, 6) is -1.39. The van der Waals surface area contributed by atoms with Crippen LogP contribution >= 0.6 is 0 Å². The van der Waals surface area contributed by atoms with Gasteiger partial charge in [0.05, 0.1) is 0 Å². The van der Waals surface area contributed by atoms with Gasteiger partial charge in [0.1, 0.15) is 6.04 Å². The van der Waals surface area contributed by atoms with Gasteiger partial charge in [-0.15, -0.1) is 0 Å². The minimum atomic E-state index is -1.07. The van der Waals surface area contributed by atoms with Gasteiger partial charge < -0.3 is 15.9 Å². The van der Waals surface area contributed by atoms with Gasteiger partial charge in [0.15, 0.2) is 0 Å².